The van der Waals surface area contributed by atoms with Gasteiger partial charge in [0, 0.05) is 36.0 Å². The van der Waals surface area contributed by atoms with E-state index in [4.69, 9.17) is 20.8 Å². The van der Waals surface area contributed by atoms with Gasteiger partial charge in [-0.05, 0) is 42.2 Å². The van der Waals surface area contributed by atoms with Gasteiger partial charge in [-0.15, -0.1) is 0 Å². The summed E-state index contributed by atoms with van der Waals surface area (Å²) in [5.41, 5.74) is 1.74. The molecule has 8 nitrogen and oxygen atoms in total. The maximum atomic E-state index is 14.8. The molecule has 1 saturated heterocycles. The average Bonchev–Trinajstić information content (AvgIpc) is 3.10. The van der Waals surface area contributed by atoms with Crippen LogP contribution < -0.4 is 20.7 Å². The van der Waals surface area contributed by atoms with Crippen LogP contribution >= 0.6 is 11.6 Å². The Balaban J connectivity index is 1.21. The van der Waals surface area contributed by atoms with Gasteiger partial charge in [-0.3, -0.25) is 4.79 Å². The highest BCUT2D eigenvalue weighted by atomic mass is 35.5. The van der Waals surface area contributed by atoms with Crippen molar-refractivity contribution in [3.63, 3.8) is 0 Å². The van der Waals surface area contributed by atoms with Gasteiger partial charge in [0.25, 0.3) is 0 Å². The summed E-state index contributed by atoms with van der Waals surface area (Å²) < 4.78 is 26.0. The van der Waals surface area contributed by atoms with Gasteiger partial charge in [0.2, 0.25) is 11.8 Å². The summed E-state index contributed by atoms with van der Waals surface area (Å²) in [4.78, 5) is 29.9. The van der Waals surface area contributed by atoms with Crippen LogP contribution in [0.1, 0.15) is 35.8 Å². The summed E-state index contributed by atoms with van der Waals surface area (Å²) in [6, 6.07) is 6.80. The maximum Gasteiger partial charge on any atom is 0.316 e. The van der Waals surface area contributed by atoms with E-state index in [-0.39, 0.29) is 12.5 Å². The number of carbonyl (C=O) groups is 2. The van der Waals surface area contributed by atoms with Gasteiger partial charge >= 0.3 is 6.03 Å². The third-order valence-corrected chi connectivity index (χ3v) is 6.77. The molecule has 0 spiro atoms. The summed E-state index contributed by atoms with van der Waals surface area (Å²) in [5.74, 6) is -0.408. The number of hydrogen-bond acceptors (Lipinski definition) is 5. The summed E-state index contributed by atoms with van der Waals surface area (Å²) in [6.07, 6.45) is 1.99. The van der Waals surface area contributed by atoms with E-state index >= 15 is 0 Å². The molecule has 2 fully saturated rings. The highest BCUT2D eigenvalue weighted by Gasteiger charge is 2.51. The lowest BCUT2D eigenvalue weighted by molar-refractivity contribution is -0.120. The van der Waals surface area contributed by atoms with Gasteiger partial charge in [-0.1, -0.05) is 11.6 Å². The fourth-order valence-corrected chi connectivity index (χ4v) is 4.76. The number of amides is 3. The van der Waals surface area contributed by atoms with Crippen molar-refractivity contribution in [1.29, 1.82) is 0 Å². The van der Waals surface area contributed by atoms with Crippen molar-refractivity contribution in [3.8, 4) is 5.75 Å². The molecular formula is C23H20ClFN4O4. The molecular weight excluding hydrogens is 451 g/mol. The van der Waals surface area contributed by atoms with E-state index in [0.717, 1.165) is 5.56 Å². The molecule has 6 rings (SSSR count). The fourth-order valence-electron chi connectivity index (χ4n) is 4.60. The lowest BCUT2D eigenvalue weighted by Crippen LogP contribution is -2.50. The van der Waals surface area contributed by atoms with Crippen molar-refractivity contribution in [2.75, 3.05) is 13.2 Å². The number of nitrogens with one attached hydrogen (secondary N) is 3. The molecule has 3 aliphatic rings. The molecule has 170 valence electrons. The Kier molecular flexibility index (Phi) is 4.52. The van der Waals surface area contributed by atoms with Crippen LogP contribution in [0.2, 0.25) is 5.02 Å². The Hall–Kier alpha value is -3.33. The second-order valence-electron chi connectivity index (χ2n) is 8.72. The van der Waals surface area contributed by atoms with Crippen molar-refractivity contribution >= 4 is 34.6 Å². The number of benzene rings is 2. The van der Waals surface area contributed by atoms with Crippen LogP contribution in [0.15, 0.2) is 34.7 Å². The van der Waals surface area contributed by atoms with Crippen LogP contribution in [-0.2, 0) is 16.8 Å². The number of ether oxygens (including phenoxy) is 1. The molecule has 10 heteroatoms. The predicted molar refractivity (Wildman–Crippen MR) is 117 cm³/mol. The quantitative estimate of drug-likeness (QED) is 0.543. The first-order valence-electron chi connectivity index (χ1n) is 10.8. The summed E-state index contributed by atoms with van der Waals surface area (Å²) >= 11 is 6.02. The predicted octanol–water partition coefficient (Wildman–Crippen LogP) is 3.13. The van der Waals surface area contributed by atoms with Crippen molar-refractivity contribution in [1.82, 2.24) is 20.9 Å². The number of hydrogen-bond donors (Lipinski definition) is 3. The van der Waals surface area contributed by atoms with Crippen LogP contribution in [-0.4, -0.2) is 36.1 Å². The minimum absolute atomic E-state index is 0.234. The van der Waals surface area contributed by atoms with E-state index < -0.39 is 29.3 Å². The molecule has 0 unspecified atom stereocenters. The number of nitrogens with zero attached hydrogens (tertiary/aromatic N) is 1. The van der Waals surface area contributed by atoms with E-state index in [1.165, 1.54) is 6.07 Å². The Bertz CT molecular complexity index is 1310. The molecule has 3 N–H and O–H groups in total. The molecule has 0 radical (unpaired) electrons. The zero-order valence-corrected chi connectivity index (χ0v) is 18.2. The first kappa shape index (κ1) is 20.3. The van der Waals surface area contributed by atoms with Gasteiger partial charge in [0.1, 0.15) is 28.7 Å². The van der Waals surface area contributed by atoms with Crippen LogP contribution in [0, 0.1) is 5.82 Å². The minimum atomic E-state index is -0.905. The topological polar surface area (TPSA) is 105 Å². The monoisotopic (exact) mass is 470 g/mol. The molecule has 1 aliphatic carbocycles. The molecule has 1 aromatic heterocycles. The van der Waals surface area contributed by atoms with Gasteiger partial charge in [0.05, 0.1) is 6.61 Å². The van der Waals surface area contributed by atoms with Crippen LogP contribution in [0.5, 0.6) is 5.75 Å². The molecule has 2 atom stereocenters. The van der Waals surface area contributed by atoms with E-state index in [0.29, 0.717) is 59.2 Å². The van der Waals surface area contributed by atoms with E-state index in [1.54, 1.807) is 24.3 Å². The largest absolute Gasteiger partial charge is 0.493 e. The lowest BCUT2D eigenvalue weighted by atomic mass is 9.91. The Morgan fingerprint density at radius 1 is 1.27 bits per heavy atom. The molecule has 33 heavy (non-hydrogen) atoms. The van der Waals surface area contributed by atoms with Gasteiger partial charge in [-0.25, -0.2) is 14.2 Å². The lowest BCUT2D eigenvalue weighted by Gasteiger charge is -2.22. The standard InChI is InChI=1S/C23H20ClFN4O4/c24-12-1-2-16-18(8-12)33-21(27-16)23(4-5-23)29-22(31)28-19-14(10-26-20(19)30)13-7-11-3-6-32-17(11)9-15(13)25/h1-2,7-9,14,19H,3-6,10H2,(H,26,30)(H2,28,29,31)/t14-,19-/m0/s1. The van der Waals surface area contributed by atoms with Crippen molar-refractivity contribution in [2.45, 2.75) is 36.8 Å². The van der Waals surface area contributed by atoms with E-state index in [1.807, 2.05) is 0 Å². The molecule has 0 bridgehead atoms. The molecule has 2 aliphatic heterocycles. The minimum Gasteiger partial charge on any atom is -0.493 e. The van der Waals surface area contributed by atoms with Gasteiger partial charge < -0.3 is 25.1 Å². The second-order valence-corrected chi connectivity index (χ2v) is 9.16. The number of fused-ring (bicyclic) bond motifs is 2. The molecule has 2 aromatic carbocycles. The zero-order valence-electron chi connectivity index (χ0n) is 17.4. The summed E-state index contributed by atoms with van der Waals surface area (Å²) in [6.45, 7) is 0.742. The molecule has 3 amide bonds. The highest BCUT2D eigenvalue weighted by Crippen LogP contribution is 2.46. The first-order valence-corrected chi connectivity index (χ1v) is 11.2. The third-order valence-electron chi connectivity index (χ3n) is 6.54. The average molecular weight is 471 g/mol. The van der Waals surface area contributed by atoms with Crippen LogP contribution in [0.3, 0.4) is 0 Å². The smallest absolute Gasteiger partial charge is 0.316 e. The van der Waals surface area contributed by atoms with Gasteiger partial charge in [-0.2, -0.15) is 0 Å². The third kappa shape index (κ3) is 3.47. The summed E-state index contributed by atoms with van der Waals surface area (Å²) in [5, 5.41) is 8.89. The number of aromatic nitrogens is 1. The van der Waals surface area contributed by atoms with Crippen LogP contribution in [0.4, 0.5) is 9.18 Å². The number of rotatable bonds is 4. The number of carbonyl (C=O) groups excluding carboxylic acids is 2. The van der Waals surface area contributed by atoms with Crippen LogP contribution in [0.25, 0.3) is 11.1 Å². The second kappa shape index (κ2) is 7.34. The zero-order chi connectivity index (χ0) is 22.7. The Labute approximate surface area is 192 Å². The van der Waals surface area contributed by atoms with Crippen molar-refractivity contribution in [3.05, 3.63) is 58.2 Å². The Morgan fingerprint density at radius 3 is 2.94 bits per heavy atom. The molecule has 3 aromatic rings. The summed E-state index contributed by atoms with van der Waals surface area (Å²) in [7, 11) is 0. The van der Waals surface area contributed by atoms with Gasteiger partial charge in [0.15, 0.2) is 5.58 Å². The van der Waals surface area contributed by atoms with E-state index in [2.05, 4.69) is 20.9 Å². The maximum absolute atomic E-state index is 14.8. The van der Waals surface area contributed by atoms with Crippen molar-refractivity contribution < 1.29 is 23.1 Å². The molecule has 1 saturated carbocycles. The fraction of sp³-hybridized carbons (Fsp3) is 0.348. The number of oxazole rings is 1. The highest BCUT2D eigenvalue weighted by molar-refractivity contribution is 6.31. The number of halogens is 2. The van der Waals surface area contributed by atoms with Crippen molar-refractivity contribution in [2.24, 2.45) is 0 Å². The SMILES string of the molecule is O=C(N[C@@H]1C(=O)NC[C@H]1c1cc2c(cc1F)OCC2)NC1(c2nc3ccc(Cl)cc3o2)CC1. The molecule has 3 heterocycles. The first-order chi connectivity index (χ1) is 15.9. The normalized spacial score (nSPS) is 22.5. The van der Waals surface area contributed by atoms with E-state index in [9.17, 15) is 14.0 Å². The Morgan fingerprint density at radius 2 is 2.12 bits per heavy atom. The number of urea groups is 1.